The first-order chi connectivity index (χ1) is 15.3. The van der Waals surface area contributed by atoms with Crippen molar-refractivity contribution < 1.29 is 9.59 Å². The molecule has 1 saturated heterocycles. The van der Waals surface area contributed by atoms with Crippen molar-refractivity contribution in [3.63, 3.8) is 0 Å². The molecule has 2 amide bonds. The van der Waals surface area contributed by atoms with Gasteiger partial charge in [-0.05, 0) is 57.2 Å². The summed E-state index contributed by atoms with van der Waals surface area (Å²) >= 11 is 1.42. The van der Waals surface area contributed by atoms with Gasteiger partial charge in [-0.15, -0.1) is 10.2 Å². The van der Waals surface area contributed by atoms with E-state index in [4.69, 9.17) is 0 Å². The van der Waals surface area contributed by atoms with Crippen molar-refractivity contribution in [3.8, 4) is 5.69 Å². The normalized spacial score (nSPS) is 14.6. The second-order valence-electron chi connectivity index (χ2n) is 8.71. The van der Waals surface area contributed by atoms with Crippen molar-refractivity contribution in [1.82, 2.24) is 24.6 Å². The predicted octanol–water partition coefficient (Wildman–Crippen LogP) is 3.78. The zero-order chi connectivity index (χ0) is 23.3. The van der Waals surface area contributed by atoms with Crippen LogP contribution in [-0.4, -0.2) is 68.8 Å². The number of hydrogen-bond donors (Lipinski definition) is 0. The van der Waals surface area contributed by atoms with E-state index in [9.17, 15) is 9.59 Å². The lowest BCUT2D eigenvalue weighted by Crippen LogP contribution is -2.44. The second-order valence-corrected chi connectivity index (χ2v) is 9.65. The zero-order valence-corrected chi connectivity index (χ0v) is 20.7. The molecule has 0 bridgehead atoms. The van der Waals surface area contributed by atoms with Gasteiger partial charge in [0.2, 0.25) is 11.8 Å². The van der Waals surface area contributed by atoms with Crippen LogP contribution in [0.2, 0.25) is 0 Å². The number of amides is 2. The van der Waals surface area contributed by atoms with Crippen LogP contribution < -0.4 is 0 Å². The van der Waals surface area contributed by atoms with Crippen molar-refractivity contribution in [1.29, 1.82) is 0 Å². The summed E-state index contributed by atoms with van der Waals surface area (Å²) in [4.78, 5) is 29.2. The van der Waals surface area contributed by atoms with Gasteiger partial charge in [0.1, 0.15) is 5.82 Å². The van der Waals surface area contributed by atoms with Crippen molar-refractivity contribution in [2.75, 3.05) is 32.4 Å². The number of rotatable bonds is 8. The first kappa shape index (κ1) is 24.3. The Morgan fingerprint density at radius 1 is 1.16 bits per heavy atom. The Labute approximate surface area is 195 Å². The summed E-state index contributed by atoms with van der Waals surface area (Å²) in [7, 11) is 1.89. The van der Waals surface area contributed by atoms with Crippen LogP contribution in [0.5, 0.6) is 0 Å². The maximum absolute atomic E-state index is 12.9. The van der Waals surface area contributed by atoms with Gasteiger partial charge in [-0.2, -0.15) is 0 Å². The highest BCUT2D eigenvalue weighted by atomic mass is 32.2. The molecule has 0 saturated carbocycles. The number of likely N-dealkylation sites (tertiary alicyclic amines) is 1. The van der Waals surface area contributed by atoms with Gasteiger partial charge >= 0.3 is 0 Å². The van der Waals surface area contributed by atoms with E-state index in [-0.39, 0.29) is 17.7 Å². The van der Waals surface area contributed by atoms with Gasteiger partial charge in [-0.1, -0.05) is 37.2 Å². The molecule has 8 heteroatoms. The molecule has 32 heavy (non-hydrogen) atoms. The number of unbranched alkanes of at least 4 members (excludes halogenated alkanes) is 1. The van der Waals surface area contributed by atoms with Gasteiger partial charge in [-0.25, -0.2) is 0 Å². The van der Waals surface area contributed by atoms with E-state index in [0.29, 0.717) is 18.8 Å². The Morgan fingerprint density at radius 3 is 2.56 bits per heavy atom. The molecule has 0 N–H and O–H groups in total. The van der Waals surface area contributed by atoms with Gasteiger partial charge in [-0.3, -0.25) is 14.2 Å². The highest BCUT2D eigenvalue weighted by molar-refractivity contribution is 7.99. The Bertz CT molecular complexity index is 950. The first-order valence-electron chi connectivity index (χ1n) is 11.5. The van der Waals surface area contributed by atoms with E-state index >= 15 is 0 Å². The van der Waals surface area contributed by atoms with Crippen LogP contribution in [0.4, 0.5) is 0 Å². The number of benzene rings is 1. The molecule has 174 valence electrons. The standard InChI is InChI=1S/C24H35N5O2S/c1-6-7-12-27(5)23(31)20-10-13-28(14-11-20)22(30)16-32-24-26-25-19(4)29(24)21-15-17(2)8-9-18(21)3/h8-9,15,20H,6-7,10-14,16H2,1-5H3. The van der Waals surface area contributed by atoms with Gasteiger partial charge in [0.25, 0.3) is 0 Å². The van der Waals surface area contributed by atoms with Crippen LogP contribution in [0, 0.1) is 26.7 Å². The molecule has 0 unspecified atom stereocenters. The lowest BCUT2D eigenvalue weighted by molar-refractivity contribution is -0.138. The molecule has 1 aromatic heterocycles. The van der Waals surface area contributed by atoms with Gasteiger partial charge in [0.15, 0.2) is 5.16 Å². The van der Waals surface area contributed by atoms with Gasteiger partial charge in [0, 0.05) is 32.6 Å². The molecule has 0 radical (unpaired) electrons. The molecule has 0 atom stereocenters. The molecule has 2 heterocycles. The van der Waals surface area contributed by atoms with Gasteiger partial charge in [0.05, 0.1) is 11.4 Å². The van der Waals surface area contributed by atoms with E-state index in [2.05, 4.69) is 49.2 Å². The molecule has 3 rings (SSSR count). The summed E-state index contributed by atoms with van der Waals surface area (Å²) in [5.74, 6) is 1.46. The Balaban J connectivity index is 1.57. The molecular formula is C24H35N5O2S. The minimum absolute atomic E-state index is 0.0311. The van der Waals surface area contributed by atoms with Gasteiger partial charge < -0.3 is 9.80 Å². The minimum atomic E-state index is 0.0311. The number of aromatic nitrogens is 3. The number of carbonyl (C=O) groups is 2. The SMILES string of the molecule is CCCCN(C)C(=O)C1CCN(C(=O)CSc2nnc(C)n2-c2cc(C)ccc2C)CC1. The third-order valence-corrected chi connectivity index (χ3v) is 7.06. The number of carbonyl (C=O) groups excluding carboxylic acids is 2. The van der Waals surface area contributed by atoms with E-state index in [1.54, 1.807) is 0 Å². The highest BCUT2D eigenvalue weighted by Gasteiger charge is 2.29. The lowest BCUT2D eigenvalue weighted by atomic mass is 9.95. The molecule has 1 fully saturated rings. The maximum atomic E-state index is 12.9. The summed E-state index contributed by atoms with van der Waals surface area (Å²) in [6, 6.07) is 6.30. The molecule has 7 nitrogen and oxygen atoms in total. The first-order valence-corrected chi connectivity index (χ1v) is 12.5. The molecular weight excluding hydrogens is 422 g/mol. The third kappa shape index (κ3) is 5.71. The maximum Gasteiger partial charge on any atom is 0.233 e. The summed E-state index contributed by atoms with van der Waals surface area (Å²) in [6.07, 6.45) is 3.59. The quantitative estimate of drug-likeness (QED) is 0.564. The average molecular weight is 458 g/mol. The minimum Gasteiger partial charge on any atom is -0.346 e. The second kappa shape index (κ2) is 11.0. The predicted molar refractivity (Wildman–Crippen MR) is 128 cm³/mol. The van der Waals surface area contributed by atoms with Crippen LogP contribution >= 0.6 is 11.8 Å². The largest absolute Gasteiger partial charge is 0.346 e. The molecule has 1 aromatic carbocycles. The molecule has 1 aliphatic rings. The summed E-state index contributed by atoms with van der Waals surface area (Å²) in [5.41, 5.74) is 3.36. The Kier molecular flexibility index (Phi) is 8.34. The fourth-order valence-corrected chi connectivity index (χ4v) is 4.98. The fourth-order valence-electron chi connectivity index (χ4n) is 4.08. The fraction of sp³-hybridized carbons (Fsp3) is 0.583. The van der Waals surface area contributed by atoms with Crippen LogP contribution in [0.3, 0.4) is 0 Å². The number of thioether (sulfide) groups is 1. The number of nitrogens with zero attached hydrogens (tertiary/aromatic N) is 5. The summed E-state index contributed by atoms with van der Waals surface area (Å²) in [6.45, 7) is 10.3. The van der Waals surface area contributed by atoms with Crippen molar-refractivity contribution in [3.05, 3.63) is 35.2 Å². The number of hydrogen-bond acceptors (Lipinski definition) is 5. The Hall–Kier alpha value is -2.35. The Morgan fingerprint density at radius 2 is 1.88 bits per heavy atom. The van der Waals surface area contributed by atoms with Crippen LogP contribution in [0.1, 0.15) is 49.6 Å². The van der Waals surface area contributed by atoms with E-state index in [1.165, 1.54) is 17.3 Å². The molecule has 2 aromatic rings. The molecule has 0 aliphatic carbocycles. The number of piperidine rings is 1. The molecule has 0 spiro atoms. The smallest absolute Gasteiger partial charge is 0.233 e. The third-order valence-electron chi connectivity index (χ3n) is 6.15. The summed E-state index contributed by atoms with van der Waals surface area (Å²) < 4.78 is 2.03. The van der Waals surface area contributed by atoms with E-state index in [0.717, 1.165) is 54.5 Å². The van der Waals surface area contributed by atoms with Crippen molar-refractivity contribution >= 4 is 23.6 Å². The van der Waals surface area contributed by atoms with Crippen molar-refractivity contribution in [2.24, 2.45) is 5.92 Å². The van der Waals surface area contributed by atoms with Crippen LogP contribution in [0.15, 0.2) is 23.4 Å². The summed E-state index contributed by atoms with van der Waals surface area (Å²) in [5, 5.41) is 9.29. The van der Waals surface area contributed by atoms with Crippen LogP contribution in [0.25, 0.3) is 5.69 Å². The zero-order valence-electron chi connectivity index (χ0n) is 19.9. The lowest BCUT2D eigenvalue weighted by Gasteiger charge is -2.33. The van der Waals surface area contributed by atoms with Crippen molar-refractivity contribution in [2.45, 2.75) is 58.5 Å². The topological polar surface area (TPSA) is 71.3 Å². The average Bonchev–Trinajstić information content (AvgIpc) is 3.17. The highest BCUT2D eigenvalue weighted by Crippen LogP contribution is 2.26. The molecule has 1 aliphatic heterocycles. The van der Waals surface area contributed by atoms with E-state index < -0.39 is 0 Å². The van der Waals surface area contributed by atoms with Crippen LogP contribution in [-0.2, 0) is 9.59 Å². The number of aryl methyl sites for hydroxylation is 3. The monoisotopic (exact) mass is 457 g/mol. The van der Waals surface area contributed by atoms with E-state index in [1.807, 2.05) is 28.3 Å².